The van der Waals surface area contributed by atoms with Crippen molar-refractivity contribution < 1.29 is 12.8 Å². The van der Waals surface area contributed by atoms with E-state index in [2.05, 4.69) is 24.5 Å². The summed E-state index contributed by atoms with van der Waals surface area (Å²) >= 11 is 5.99. The Bertz CT molecular complexity index is 906. The van der Waals surface area contributed by atoms with E-state index in [0.717, 1.165) is 43.0 Å². The number of halogens is 2. The van der Waals surface area contributed by atoms with Gasteiger partial charge < -0.3 is 4.90 Å². The Morgan fingerprint density at radius 3 is 2.53 bits per heavy atom. The molecule has 0 spiro atoms. The van der Waals surface area contributed by atoms with Gasteiger partial charge in [-0.05, 0) is 31.2 Å². The van der Waals surface area contributed by atoms with Crippen molar-refractivity contribution in [1.29, 1.82) is 0 Å². The van der Waals surface area contributed by atoms with E-state index in [9.17, 15) is 12.8 Å². The molecule has 30 heavy (non-hydrogen) atoms. The number of rotatable bonds is 9. The minimum absolute atomic E-state index is 0.135. The lowest BCUT2D eigenvalue weighted by molar-refractivity contribution is 0.254. The molecule has 0 aliphatic carbocycles. The zero-order valence-electron chi connectivity index (χ0n) is 16.8. The fourth-order valence-electron chi connectivity index (χ4n) is 3.23. The van der Waals surface area contributed by atoms with Gasteiger partial charge in [0, 0.05) is 69.3 Å². The molecular formula is C19H26ClFN6O2S. The van der Waals surface area contributed by atoms with E-state index in [4.69, 9.17) is 11.6 Å². The molecule has 11 heteroatoms. The van der Waals surface area contributed by atoms with Crippen LogP contribution in [0.4, 0.5) is 10.3 Å². The topological polar surface area (TPSA) is 81.7 Å². The molecule has 8 nitrogen and oxygen atoms in total. The standard InChI is InChI=1S/C19H26ClFN6O2S/c1-25(15-16-17(20)5-2-6-18(16)21)30(28,29)24-9-4-10-26-11-13-27(14-12-26)19-22-7-3-8-23-19/h2-3,5-8,24H,4,9-15H2,1H3. The molecule has 3 rings (SSSR count). The van der Waals surface area contributed by atoms with Gasteiger partial charge in [0.25, 0.3) is 10.2 Å². The number of nitrogens with one attached hydrogen (secondary N) is 1. The number of hydrogen-bond acceptors (Lipinski definition) is 6. The molecule has 2 aromatic rings. The number of benzene rings is 1. The molecule has 2 heterocycles. The highest BCUT2D eigenvalue weighted by atomic mass is 35.5. The highest BCUT2D eigenvalue weighted by Gasteiger charge is 2.21. The molecule has 1 N–H and O–H groups in total. The van der Waals surface area contributed by atoms with Crippen LogP contribution in [-0.2, 0) is 16.8 Å². The molecule has 0 bridgehead atoms. The van der Waals surface area contributed by atoms with Crippen molar-refractivity contribution in [1.82, 2.24) is 23.9 Å². The van der Waals surface area contributed by atoms with Crippen LogP contribution in [0.25, 0.3) is 0 Å². The Morgan fingerprint density at radius 2 is 1.87 bits per heavy atom. The minimum Gasteiger partial charge on any atom is -0.338 e. The zero-order chi connectivity index (χ0) is 21.6. The third-order valence-corrected chi connectivity index (χ3v) is 6.87. The normalized spacial score (nSPS) is 15.7. The summed E-state index contributed by atoms with van der Waals surface area (Å²) in [4.78, 5) is 13.0. The summed E-state index contributed by atoms with van der Waals surface area (Å²) in [5.41, 5.74) is 0.160. The van der Waals surface area contributed by atoms with Crippen molar-refractivity contribution in [3.63, 3.8) is 0 Å². The lowest BCUT2D eigenvalue weighted by atomic mass is 10.2. The van der Waals surface area contributed by atoms with Crippen LogP contribution in [-0.4, -0.2) is 73.9 Å². The SMILES string of the molecule is CN(Cc1c(F)cccc1Cl)S(=O)(=O)NCCCN1CCN(c2ncccn2)CC1. The largest absolute Gasteiger partial charge is 0.338 e. The Labute approximate surface area is 181 Å². The van der Waals surface area contributed by atoms with Crippen LogP contribution in [0.5, 0.6) is 0 Å². The van der Waals surface area contributed by atoms with Gasteiger partial charge in [0.1, 0.15) is 5.82 Å². The van der Waals surface area contributed by atoms with Crippen LogP contribution in [0, 0.1) is 5.82 Å². The van der Waals surface area contributed by atoms with E-state index in [1.165, 1.54) is 25.2 Å². The Balaban J connectivity index is 1.39. The van der Waals surface area contributed by atoms with Gasteiger partial charge in [0.05, 0.1) is 0 Å². The summed E-state index contributed by atoms with van der Waals surface area (Å²) in [5, 5.41) is 0.206. The minimum atomic E-state index is -3.73. The summed E-state index contributed by atoms with van der Waals surface area (Å²) in [6.07, 6.45) is 4.14. The monoisotopic (exact) mass is 456 g/mol. The fourth-order valence-corrected chi connectivity index (χ4v) is 4.38. The van der Waals surface area contributed by atoms with Crippen molar-refractivity contribution in [2.75, 3.05) is 51.2 Å². The highest BCUT2D eigenvalue weighted by molar-refractivity contribution is 7.87. The maximum atomic E-state index is 13.9. The first kappa shape index (κ1) is 22.8. The van der Waals surface area contributed by atoms with Crippen LogP contribution in [0.3, 0.4) is 0 Å². The maximum Gasteiger partial charge on any atom is 0.279 e. The predicted octanol–water partition coefficient (Wildman–Crippen LogP) is 1.75. The summed E-state index contributed by atoms with van der Waals surface area (Å²) in [6.45, 7) is 4.37. The van der Waals surface area contributed by atoms with E-state index >= 15 is 0 Å². The summed E-state index contributed by atoms with van der Waals surface area (Å²) in [5.74, 6) is 0.215. The molecule has 0 unspecified atom stereocenters. The second kappa shape index (κ2) is 10.5. The van der Waals surface area contributed by atoms with E-state index in [-0.39, 0.29) is 17.1 Å². The molecule has 1 aliphatic rings. The van der Waals surface area contributed by atoms with Gasteiger partial charge in [-0.15, -0.1) is 0 Å². The Kier molecular flexibility index (Phi) is 7.95. The molecule has 0 atom stereocenters. The summed E-state index contributed by atoms with van der Waals surface area (Å²) < 4.78 is 42.4. The van der Waals surface area contributed by atoms with Crippen molar-refractivity contribution in [2.45, 2.75) is 13.0 Å². The number of nitrogens with zero attached hydrogens (tertiary/aromatic N) is 5. The maximum absolute atomic E-state index is 13.9. The number of hydrogen-bond donors (Lipinski definition) is 1. The number of anilines is 1. The lowest BCUT2D eigenvalue weighted by Crippen LogP contribution is -2.47. The van der Waals surface area contributed by atoms with Gasteiger partial charge in [-0.1, -0.05) is 17.7 Å². The van der Waals surface area contributed by atoms with Gasteiger partial charge in [-0.2, -0.15) is 12.7 Å². The third-order valence-electron chi connectivity index (χ3n) is 5.00. The molecule has 1 saturated heterocycles. The van der Waals surface area contributed by atoms with E-state index in [1.807, 2.05) is 0 Å². The first-order valence-corrected chi connectivity index (χ1v) is 11.6. The molecule has 1 fully saturated rings. The summed E-state index contributed by atoms with van der Waals surface area (Å²) in [7, 11) is -2.33. The van der Waals surface area contributed by atoms with Crippen molar-refractivity contribution in [3.8, 4) is 0 Å². The molecule has 164 valence electrons. The van der Waals surface area contributed by atoms with Crippen molar-refractivity contribution >= 4 is 27.8 Å². The van der Waals surface area contributed by atoms with Crippen molar-refractivity contribution in [2.24, 2.45) is 0 Å². The Morgan fingerprint density at radius 1 is 1.17 bits per heavy atom. The molecule has 1 aromatic carbocycles. The van der Waals surface area contributed by atoms with Crippen LogP contribution in [0.2, 0.25) is 5.02 Å². The molecule has 1 aliphatic heterocycles. The first-order chi connectivity index (χ1) is 14.4. The zero-order valence-corrected chi connectivity index (χ0v) is 18.4. The predicted molar refractivity (Wildman–Crippen MR) is 115 cm³/mol. The second-order valence-corrected chi connectivity index (χ2v) is 9.36. The molecule has 1 aromatic heterocycles. The fraction of sp³-hybridized carbons (Fsp3) is 0.474. The first-order valence-electron chi connectivity index (χ1n) is 9.75. The number of aromatic nitrogens is 2. The lowest BCUT2D eigenvalue weighted by Gasteiger charge is -2.34. The van der Waals surface area contributed by atoms with Gasteiger partial charge in [-0.25, -0.2) is 19.1 Å². The molecular weight excluding hydrogens is 431 g/mol. The molecule has 0 saturated carbocycles. The summed E-state index contributed by atoms with van der Waals surface area (Å²) in [6, 6.07) is 6.08. The van der Waals surface area contributed by atoms with Crippen LogP contribution >= 0.6 is 11.6 Å². The van der Waals surface area contributed by atoms with Gasteiger partial charge in [0.2, 0.25) is 5.95 Å². The Hall–Kier alpha value is -1.85. The van der Waals surface area contributed by atoms with Crippen molar-refractivity contribution in [3.05, 3.63) is 53.1 Å². The third kappa shape index (κ3) is 6.08. The van der Waals surface area contributed by atoms with E-state index < -0.39 is 16.0 Å². The number of piperazine rings is 1. The van der Waals surface area contributed by atoms with E-state index in [0.29, 0.717) is 13.0 Å². The molecule has 0 radical (unpaired) electrons. The van der Waals surface area contributed by atoms with E-state index in [1.54, 1.807) is 18.5 Å². The van der Waals surface area contributed by atoms with Gasteiger partial charge in [0.15, 0.2) is 0 Å². The van der Waals surface area contributed by atoms with Gasteiger partial charge in [-0.3, -0.25) is 4.90 Å². The smallest absolute Gasteiger partial charge is 0.279 e. The highest BCUT2D eigenvalue weighted by Crippen LogP contribution is 2.21. The van der Waals surface area contributed by atoms with Crippen LogP contribution < -0.4 is 9.62 Å². The average Bonchev–Trinajstić information content (AvgIpc) is 2.75. The second-order valence-electron chi connectivity index (χ2n) is 7.09. The van der Waals surface area contributed by atoms with Crippen LogP contribution in [0.15, 0.2) is 36.7 Å². The van der Waals surface area contributed by atoms with Gasteiger partial charge >= 0.3 is 0 Å². The molecule has 0 amide bonds. The quantitative estimate of drug-likeness (QED) is 0.579. The average molecular weight is 457 g/mol. The van der Waals surface area contributed by atoms with Crippen LogP contribution in [0.1, 0.15) is 12.0 Å².